The largest absolute Gasteiger partial charge is 0.338 e. The van der Waals surface area contributed by atoms with E-state index in [1.165, 1.54) is 0 Å². The van der Waals surface area contributed by atoms with E-state index in [1.807, 2.05) is 19.9 Å². The van der Waals surface area contributed by atoms with Crippen LogP contribution in [0.5, 0.6) is 0 Å². The first-order chi connectivity index (χ1) is 12.3. The number of hydrogen-bond donors (Lipinski definition) is 3. The SMILES string of the molecule is CC[C@]1(c2ccccc2)NC(=O)N(CC(=O)NC(=O)NCC(C)C)C1=O. The van der Waals surface area contributed by atoms with Crippen LogP contribution >= 0.6 is 0 Å². The van der Waals surface area contributed by atoms with E-state index in [1.54, 1.807) is 31.2 Å². The topological polar surface area (TPSA) is 108 Å². The Labute approximate surface area is 152 Å². The van der Waals surface area contributed by atoms with Gasteiger partial charge in [-0.25, -0.2) is 9.59 Å². The molecule has 0 aromatic heterocycles. The number of urea groups is 2. The van der Waals surface area contributed by atoms with Gasteiger partial charge in [0.2, 0.25) is 5.91 Å². The summed E-state index contributed by atoms with van der Waals surface area (Å²) in [6.07, 6.45) is 0.342. The van der Waals surface area contributed by atoms with E-state index < -0.39 is 36.0 Å². The highest BCUT2D eigenvalue weighted by Crippen LogP contribution is 2.32. The Morgan fingerprint density at radius 1 is 1.19 bits per heavy atom. The molecule has 1 aliphatic heterocycles. The number of benzene rings is 1. The number of carbonyl (C=O) groups is 4. The molecule has 8 nitrogen and oxygen atoms in total. The molecule has 0 saturated carbocycles. The highest BCUT2D eigenvalue weighted by atomic mass is 16.2. The summed E-state index contributed by atoms with van der Waals surface area (Å²) in [5.74, 6) is -0.999. The van der Waals surface area contributed by atoms with Gasteiger partial charge in [0.05, 0.1) is 0 Å². The molecule has 1 fully saturated rings. The van der Waals surface area contributed by atoms with E-state index >= 15 is 0 Å². The van der Waals surface area contributed by atoms with Gasteiger partial charge in [-0.1, -0.05) is 51.1 Å². The molecule has 140 valence electrons. The van der Waals surface area contributed by atoms with Crippen LogP contribution in [0.25, 0.3) is 0 Å². The van der Waals surface area contributed by atoms with Crippen LogP contribution in [0.3, 0.4) is 0 Å². The van der Waals surface area contributed by atoms with Crippen molar-refractivity contribution in [3.63, 3.8) is 0 Å². The third-order valence-electron chi connectivity index (χ3n) is 4.20. The Morgan fingerprint density at radius 3 is 2.42 bits per heavy atom. The van der Waals surface area contributed by atoms with Gasteiger partial charge in [-0.3, -0.25) is 19.8 Å². The van der Waals surface area contributed by atoms with Crippen molar-refractivity contribution >= 4 is 23.9 Å². The maximum Gasteiger partial charge on any atom is 0.325 e. The molecule has 1 aromatic carbocycles. The zero-order valence-electron chi connectivity index (χ0n) is 15.2. The Bertz CT molecular complexity index is 704. The summed E-state index contributed by atoms with van der Waals surface area (Å²) >= 11 is 0. The monoisotopic (exact) mass is 360 g/mol. The van der Waals surface area contributed by atoms with Gasteiger partial charge in [0, 0.05) is 6.54 Å². The summed E-state index contributed by atoms with van der Waals surface area (Å²) in [5, 5.41) is 7.35. The average Bonchev–Trinajstić information content (AvgIpc) is 2.85. The molecule has 26 heavy (non-hydrogen) atoms. The highest BCUT2D eigenvalue weighted by molar-refractivity contribution is 6.10. The van der Waals surface area contributed by atoms with Gasteiger partial charge in [0.15, 0.2) is 0 Å². The molecule has 0 bridgehead atoms. The smallest absolute Gasteiger partial charge is 0.325 e. The molecule has 0 aliphatic carbocycles. The molecule has 1 saturated heterocycles. The predicted molar refractivity (Wildman–Crippen MR) is 95.0 cm³/mol. The molecule has 1 atom stereocenters. The van der Waals surface area contributed by atoms with Gasteiger partial charge in [0.25, 0.3) is 5.91 Å². The van der Waals surface area contributed by atoms with Crippen LogP contribution < -0.4 is 16.0 Å². The Morgan fingerprint density at radius 2 is 1.85 bits per heavy atom. The summed E-state index contributed by atoms with van der Waals surface area (Å²) in [7, 11) is 0. The molecule has 6 amide bonds. The summed E-state index contributed by atoms with van der Waals surface area (Å²) < 4.78 is 0. The lowest BCUT2D eigenvalue weighted by Crippen LogP contribution is -2.47. The third kappa shape index (κ3) is 4.01. The van der Waals surface area contributed by atoms with Gasteiger partial charge in [-0.15, -0.1) is 0 Å². The van der Waals surface area contributed by atoms with E-state index in [0.717, 1.165) is 4.90 Å². The minimum absolute atomic E-state index is 0.234. The molecule has 1 aliphatic rings. The van der Waals surface area contributed by atoms with Gasteiger partial charge in [0.1, 0.15) is 12.1 Å². The van der Waals surface area contributed by atoms with E-state index in [9.17, 15) is 19.2 Å². The molecule has 1 heterocycles. The van der Waals surface area contributed by atoms with E-state index in [4.69, 9.17) is 0 Å². The normalized spacial score (nSPS) is 19.5. The quantitative estimate of drug-likeness (QED) is 0.665. The lowest BCUT2D eigenvalue weighted by Gasteiger charge is -2.25. The van der Waals surface area contributed by atoms with Crippen molar-refractivity contribution in [3.8, 4) is 0 Å². The van der Waals surface area contributed by atoms with E-state index in [2.05, 4.69) is 16.0 Å². The standard InChI is InChI=1S/C18H24N4O4/c1-4-18(13-8-6-5-7-9-13)15(24)22(17(26)21-18)11-14(23)20-16(25)19-10-12(2)3/h5-9,12H,4,10-11H2,1-3H3,(H,21,26)(H2,19,20,23,25)/t18-/m1/s1. The second-order valence-corrected chi connectivity index (χ2v) is 6.60. The number of hydrogen-bond acceptors (Lipinski definition) is 4. The maximum absolute atomic E-state index is 12.9. The molecule has 0 spiro atoms. The molecule has 0 unspecified atom stereocenters. The number of rotatable bonds is 6. The lowest BCUT2D eigenvalue weighted by molar-refractivity contribution is -0.135. The zero-order valence-corrected chi connectivity index (χ0v) is 15.2. The van der Waals surface area contributed by atoms with E-state index in [-0.39, 0.29) is 5.92 Å². The third-order valence-corrected chi connectivity index (χ3v) is 4.20. The van der Waals surface area contributed by atoms with E-state index in [0.29, 0.717) is 18.5 Å². The second-order valence-electron chi connectivity index (χ2n) is 6.60. The number of imide groups is 2. The fraction of sp³-hybridized carbons (Fsp3) is 0.444. The fourth-order valence-corrected chi connectivity index (χ4v) is 2.78. The fourth-order valence-electron chi connectivity index (χ4n) is 2.78. The minimum atomic E-state index is -1.20. The first-order valence-electron chi connectivity index (χ1n) is 8.57. The number of amides is 6. The Hall–Kier alpha value is -2.90. The summed E-state index contributed by atoms with van der Waals surface area (Å²) in [4.78, 5) is 49.7. The first kappa shape index (κ1) is 19.4. The maximum atomic E-state index is 12.9. The predicted octanol–water partition coefficient (Wildman–Crippen LogP) is 1.33. The number of carbonyl (C=O) groups excluding carboxylic acids is 4. The molecule has 1 aromatic rings. The van der Waals surface area contributed by atoms with Crippen molar-refractivity contribution < 1.29 is 19.2 Å². The summed E-state index contributed by atoms with van der Waals surface area (Å²) in [5.41, 5.74) is -0.545. The van der Waals surface area contributed by atoms with Crippen LogP contribution in [0.1, 0.15) is 32.8 Å². The van der Waals surface area contributed by atoms with Crippen LogP contribution in [-0.2, 0) is 15.1 Å². The summed E-state index contributed by atoms with van der Waals surface area (Å²) in [6.45, 7) is 5.52. The van der Waals surface area contributed by atoms with Gasteiger partial charge in [-0.05, 0) is 17.9 Å². The minimum Gasteiger partial charge on any atom is -0.338 e. The van der Waals surface area contributed by atoms with Crippen molar-refractivity contribution in [3.05, 3.63) is 35.9 Å². The van der Waals surface area contributed by atoms with Crippen LogP contribution in [0.4, 0.5) is 9.59 Å². The molecular weight excluding hydrogens is 336 g/mol. The molecule has 0 radical (unpaired) electrons. The van der Waals surface area contributed by atoms with Crippen LogP contribution in [0, 0.1) is 5.92 Å². The molecular formula is C18H24N4O4. The average molecular weight is 360 g/mol. The number of nitrogens with zero attached hydrogens (tertiary/aromatic N) is 1. The van der Waals surface area contributed by atoms with Crippen LogP contribution in [0.15, 0.2) is 30.3 Å². The number of nitrogens with one attached hydrogen (secondary N) is 3. The first-order valence-corrected chi connectivity index (χ1v) is 8.57. The molecule has 3 N–H and O–H groups in total. The summed E-state index contributed by atoms with van der Waals surface area (Å²) in [6, 6.07) is 7.57. The van der Waals surface area contributed by atoms with Gasteiger partial charge < -0.3 is 10.6 Å². The second kappa shape index (κ2) is 7.99. The van der Waals surface area contributed by atoms with Gasteiger partial charge in [-0.2, -0.15) is 0 Å². The Kier molecular flexibility index (Phi) is 5.97. The molecule has 8 heteroatoms. The van der Waals surface area contributed by atoms with Crippen molar-refractivity contribution in [2.24, 2.45) is 5.92 Å². The van der Waals surface area contributed by atoms with Gasteiger partial charge >= 0.3 is 12.1 Å². The van der Waals surface area contributed by atoms with Crippen LogP contribution in [0.2, 0.25) is 0 Å². The Balaban J connectivity index is 2.07. The van der Waals surface area contributed by atoms with Crippen molar-refractivity contribution in [1.29, 1.82) is 0 Å². The zero-order chi connectivity index (χ0) is 19.3. The lowest BCUT2D eigenvalue weighted by atomic mass is 9.87. The highest BCUT2D eigenvalue weighted by Gasteiger charge is 2.51. The van der Waals surface area contributed by atoms with Crippen molar-refractivity contribution in [2.75, 3.05) is 13.1 Å². The van der Waals surface area contributed by atoms with Crippen molar-refractivity contribution in [2.45, 2.75) is 32.7 Å². The molecule has 2 rings (SSSR count). The van der Waals surface area contributed by atoms with Crippen molar-refractivity contribution in [1.82, 2.24) is 20.9 Å². The van der Waals surface area contributed by atoms with Crippen LogP contribution in [-0.4, -0.2) is 41.9 Å².